The van der Waals surface area contributed by atoms with Crippen molar-refractivity contribution in [1.29, 1.82) is 0 Å². The van der Waals surface area contributed by atoms with Crippen molar-refractivity contribution in [2.24, 2.45) is 4.99 Å². The summed E-state index contributed by atoms with van der Waals surface area (Å²) < 4.78 is 0. The predicted octanol–water partition coefficient (Wildman–Crippen LogP) is 3.75. The highest BCUT2D eigenvalue weighted by molar-refractivity contribution is 5.94. The zero-order chi connectivity index (χ0) is 9.36. The van der Waals surface area contributed by atoms with Crippen LogP contribution in [0.5, 0.6) is 0 Å². The summed E-state index contributed by atoms with van der Waals surface area (Å²) in [6.45, 7) is 4.82. The minimum absolute atomic E-state index is 1.02. The monoisotopic (exact) mass is 179 g/mol. The van der Waals surface area contributed by atoms with E-state index in [1.807, 2.05) is 6.08 Å². The van der Waals surface area contributed by atoms with E-state index in [2.05, 4.69) is 11.6 Å². The van der Waals surface area contributed by atoms with Gasteiger partial charge in [-0.1, -0.05) is 38.7 Å². The van der Waals surface area contributed by atoms with E-state index in [1.54, 1.807) is 0 Å². The van der Waals surface area contributed by atoms with Crippen LogP contribution in [0.25, 0.3) is 0 Å². The van der Waals surface area contributed by atoms with E-state index in [-0.39, 0.29) is 0 Å². The normalized spacial score (nSPS) is 21.4. The maximum absolute atomic E-state index is 4.54. The van der Waals surface area contributed by atoms with Gasteiger partial charge in [0, 0.05) is 12.3 Å². The van der Waals surface area contributed by atoms with Crippen LogP contribution in [0, 0.1) is 0 Å². The van der Waals surface area contributed by atoms with Crippen LogP contribution in [0.2, 0.25) is 0 Å². The van der Waals surface area contributed by atoms with Crippen molar-refractivity contribution < 1.29 is 0 Å². The third-order valence-corrected chi connectivity index (χ3v) is 2.64. The first-order valence-electron chi connectivity index (χ1n) is 5.59. The molecule has 0 radical (unpaired) electrons. The molecule has 1 heterocycles. The molecule has 1 aliphatic rings. The molecule has 1 rings (SSSR count). The molecule has 0 aliphatic carbocycles. The van der Waals surface area contributed by atoms with Gasteiger partial charge in [0.1, 0.15) is 0 Å². The second-order valence-corrected chi connectivity index (χ2v) is 3.80. The van der Waals surface area contributed by atoms with Crippen molar-refractivity contribution in [2.45, 2.75) is 51.4 Å². The topological polar surface area (TPSA) is 12.4 Å². The second kappa shape index (κ2) is 6.88. The number of nitrogens with zero attached hydrogens (tertiary/aromatic N) is 1. The molecule has 13 heavy (non-hydrogen) atoms. The molecule has 0 saturated heterocycles. The van der Waals surface area contributed by atoms with E-state index in [9.17, 15) is 0 Å². The van der Waals surface area contributed by atoms with Crippen LogP contribution in [-0.4, -0.2) is 12.3 Å². The minimum atomic E-state index is 1.02. The Bertz CT molecular complexity index is 170. The van der Waals surface area contributed by atoms with Crippen molar-refractivity contribution in [3.63, 3.8) is 0 Å². The molecule has 1 nitrogen and oxygen atoms in total. The lowest BCUT2D eigenvalue weighted by molar-refractivity contribution is 0.593. The van der Waals surface area contributed by atoms with Gasteiger partial charge in [-0.3, -0.25) is 4.99 Å². The van der Waals surface area contributed by atoms with Crippen LogP contribution in [0.4, 0.5) is 0 Å². The summed E-state index contributed by atoms with van der Waals surface area (Å²) in [6, 6.07) is 0. The largest absolute Gasteiger partial charge is 0.290 e. The molecule has 0 spiro atoms. The van der Waals surface area contributed by atoms with Gasteiger partial charge >= 0.3 is 0 Å². The molecule has 0 atom stereocenters. The number of hydrogen-bond acceptors (Lipinski definition) is 1. The first-order valence-corrected chi connectivity index (χ1v) is 5.59. The van der Waals surface area contributed by atoms with Crippen molar-refractivity contribution >= 4 is 5.71 Å². The molecule has 1 heteroatoms. The fourth-order valence-corrected chi connectivity index (χ4v) is 1.77. The molecule has 0 bridgehead atoms. The lowest BCUT2D eigenvalue weighted by atomic mass is 10.1. The summed E-state index contributed by atoms with van der Waals surface area (Å²) in [5.74, 6) is 0. The lowest BCUT2D eigenvalue weighted by Gasteiger charge is -1.99. The first kappa shape index (κ1) is 10.5. The molecule has 0 fully saturated rings. The summed E-state index contributed by atoms with van der Waals surface area (Å²) in [5.41, 5.74) is 1.22. The fraction of sp³-hybridized carbons (Fsp3) is 0.750. The quantitative estimate of drug-likeness (QED) is 0.581. The van der Waals surface area contributed by atoms with Gasteiger partial charge in [0.15, 0.2) is 0 Å². The molecule has 0 aromatic heterocycles. The molecule has 0 saturated carbocycles. The predicted molar refractivity (Wildman–Crippen MR) is 59.4 cm³/mol. The molecule has 74 valence electrons. The highest BCUT2D eigenvalue weighted by Gasteiger charge is 1.97. The summed E-state index contributed by atoms with van der Waals surface area (Å²) in [7, 11) is 0. The Morgan fingerprint density at radius 1 is 0.923 bits per heavy atom. The summed E-state index contributed by atoms with van der Waals surface area (Å²) >= 11 is 0. The van der Waals surface area contributed by atoms with Crippen molar-refractivity contribution in [3.05, 3.63) is 12.7 Å². The summed E-state index contributed by atoms with van der Waals surface area (Å²) in [4.78, 5) is 4.54. The molecular weight excluding hydrogens is 158 g/mol. The van der Waals surface area contributed by atoms with E-state index < -0.39 is 0 Å². The zero-order valence-electron chi connectivity index (χ0n) is 8.60. The van der Waals surface area contributed by atoms with E-state index >= 15 is 0 Å². The number of aliphatic imine (C=N–C) groups is 1. The van der Waals surface area contributed by atoms with Gasteiger partial charge in [-0.05, 0) is 25.3 Å². The van der Waals surface area contributed by atoms with Gasteiger partial charge in [-0.25, -0.2) is 0 Å². The van der Waals surface area contributed by atoms with Crippen LogP contribution in [0.3, 0.4) is 0 Å². The molecule has 0 aromatic carbocycles. The van der Waals surface area contributed by atoms with Crippen LogP contribution in [0.1, 0.15) is 51.4 Å². The Kier molecular flexibility index (Phi) is 5.55. The summed E-state index contributed by atoms with van der Waals surface area (Å²) in [5, 5.41) is 0. The second-order valence-electron chi connectivity index (χ2n) is 3.80. The number of allylic oxidation sites excluding steroid dienone is 1. The summed E-state index contributed by atoms with van der Waals surface area (Å²) in [6.07, 6.45) is 12.6. The number of hydrogen-bond donors (Lipinski definition) is 0. The number of rotatable bonds is 1. The van der Waals surface area contributed by atoms with Crippen LogP contribution in [0.15, 0.2) is 17.6 Å². The van der Waals surface area contributed by atoms with Crippen LogP contribution in [-0.2, 0) is 0 Å². The molecular formula is C12H21N. The maximum atomic E-state index is 4.54. The Morgan fingerprint density at radius 3 is 2.23 bits per heavy atom. The van der Waals surface area contributed by atoms with Gasteiger partial charge in [-0.15, -0.1) is 0 Å². The Balaban J connectivity index is 2.35. The van der Waals surface area contributed by atoms with Gasteiger partial charge in [-0.2, -0.15) is 0 Å². The molecule has 1 aliphatic heterocycles. The van der Waals surface area contributed by atoms with E-state index in [0.29, 0.717) is 0 Å². The van der Waals surface area contributed by atoms with E-state index in [1.165, 1.54) is 50.7 Å². The van der Waals surface area contributed by atoms with Crippen molar-refractivity contribution in [2.75, 3.05) is 6.54 Å². The third kappa shape index (κ3) is 4.87. The highest BCUT2D eigenvalue weighted by atomic mass is 14.7. The van der Waals surface area contributed by atoms with Crippen LogP contribution >= 0.6 is 0 Å². The smallest absolute Gasteiger partial charge is 0.0392 e. The third-order valence-electron chi connectivity index (χ3n) is 2.64. The molecule has 0 N–H and O–H groups in total. The average molecular weight is 179 g/mol. The van der Waals surface area contributed by atoms with E-state index in [4.69, 9.17) is 0 Å². The molecule has 0 unspecified atom stereocenters. The SMILES string of the molecule is C=CC1=NCCCCCCCCC1. The van der Waals surface area contributed by atoms with Gasteiger partial charge < -0.3 is 0 Å². The van der Waals surface area contributed by atoms with Crippen molar-refractivity contribution in [1.82, 2.24) is 0 Å². The Morgan fingerprint density at radius 2 is 1.54 bits per heavy atom. The highest BCUT2D eigenvalue weighted by Crippen LogP contribution is 2.11. The average Bonchev–Trinajstić information content (AvgIpc) is 2.22. The Hall–Kier alpha value is -0.590. The maximum Gasteiger partial charge on any atom is 0.0392 e. The van der Waals surface area contributed by atoms with Crippen LogP contribution < -0.4 is 0 Å². The fourth-order valence-electron chi connectivity index (χ4n) is 1.77. The minimum Gasteiger partial charge on any atom is -0.290 e. The van der Waals surface area contributed by atoms with Gasteiger partial charge in [0.05, 0.1) is 0 Å². The van der Waals surface area contributed by atoms with E-state index in [0.717, 1.165) is 13.0 Å². The molecule has 0 aromatic rings. The van der Waals surface area contributed by atoms with Gasteiger partial charge in [0.25, 0.3) is 0 Å². The standard InChI is InChI=1S/C12H21N/c1-2-12-10-8-6-4-3-5-7-9-11-13-12/h2H,1,3-11H2. The zero-order valence-corrected chi connectivity index (χ0v) is 8.60. The Labute approximate surface area is 82.0 Å². The van der Waals surface area contributed by atoms with Gasteiger partial charge in [0.2, 0.25) is 0 Å². The lowest BCUT2D eigenvalue weighted by Crippen LogP contribution is -1.95. The molecule has 0 amide bonds. The first-order chi connectivity index (χ1) is 6.43. The van der Waals surface area contributed by atoms with Crippen molar-refractivity contribution in [3.8, 4) is 0 Å².